The predicted octanol–water partition coefficient (Wildman–Crippen LogP) is 1.77. The van der Waals surface area contributed by atoms with Crippen LogP contribution >= 0.6 is 0 Å². The zero-order valence-corrected chi connectivity index (χ0v) is 15.1. The number of amides is 1. The third kappa shape index (κ3) is 6.52. The lowest BCUT2D eigenvalue weighted by Crippen LogP contribution is -2.22. The highest BCUT2D eigenvalue weighted by atomic mass is 16.6. The van der Waals surface area contributed by atoms with Crippen LogP contribution in [0.3, 0.4) is 0 Å². The minimum absolute atomic E-state index is 0.00522. The first-order chi connectivity index (χ1) is 13.5. The van der Waals surface area contributed by atoms with E-state index in [9.17, 15) is 19.7 Å². The van der Waals surface area contributed by atoms with Gasteiger partial charge in [0.2, 0.25) is 5.95 Å². The van der Waals surface area contributed by atoms with Crippen molar-refractivity contribution in [2.24, 2.45) is 0 Å². The second-order valence-corrected chi connectivity index (χ2v) is 5.33. The van der Waals surface area contributed by atoms with Crippen LogP contribution in [0, 0.1) is 10.1 Å². The van der Waals surface area contributed by atoms with E-state index in [0.29, 0.717) is 18.3 Å². The van der Waals surface area contributed by atoms with E-state index in [1.165, 1.54) is 18.2 Å². The first kappa shape index (κ1) is 20.6. The molecule has 148 valence electrons. The Morgan fingerprint density at radius 2 is 2.00 bits per heavy atom. The number of nitro benzene ring substituents is 1. The topological polar surface area (TPSA) is 146 Å². The number of nitro groups is 1. The van der Waals surface area contributed by atoms with E-state index in [0.717, 1.165) is 0 Å². The molecule has 2 rings (SSSR count). The zero-order chi connectivity index (χ0) is 20.4. The van der Waals surface area contributed by atoms with Crippen LogP contribution < -0.4 is 15.4 Å². The van der Waals surface area contributed by atoms with E-state index in [-0.39, 0.29) is 24.3 Å². The average molecular weight is 389 g/mol. The van der Waals surface area contributed by atoms with E-state index in [2.05, 4.69) is 20.6 Å². The molecular formula is C17H19N5O6. The van der Waals surface area contributed by atoms with Crippen molar-refractivity contribution in [1.29, 1.82) is 0 Å². The van der Waals surface area contributed by atoms with Crippen molar-refractivity contribution in [2.75, 3.05) is 30.4 Å². The molecule has 0 saturated heterocycles. The minimum Gasteiger partial charge on any atom is -0.494 e. The Kier molecular flexibility index (Phi) is 7.64. The molecule has 0 aliphatic rings. The molecule has 0 unspecified atom stereocenters. The van der Waals surface area contributed by atoms with Crippen LogP contribution in [0.1, 0.15) is 13.3 Å². The van der Waals surface area contributed by atoms with Crippen molar-refractivity contribution < 1.29 is 24.0 Å². The Labute approximate surface area is 160 Å². The van der Waals surface area contributed by atoms with Crippen molar-refractivity contribution in [1.82, 2.24) is 9.97 Å². The molecule has 2 N–H and O–H groups in total. The Morgan fingerprint density at radius 1 is 1.25 bits per heavy atom. The number of rotatable bonds is 10. The van der Waals surface area contributed by atoms with Crippen molar-refractivity contribution in [2.45, 2.75) is 13.3 Å². The Morgan fingerprint density at radius 3 is 2.68 bits per heavy atom. The highest BCUT2D eigenvalue weighted by molar-refractivity contribution is 5.95. The van der Waals surface area contributed by atoms with Gasteiger partial charge >= 0.3 is 5.97 Å². The van der Waals surface area contributed by atoms with Crippen molar-refractivity contribution in [3.05, 3.63) is 46.8 Å². The molecule has 11 heteroatoms. The summed E-state index contributed by atoms with van der Waals surface area (Å²) >= 11 is 0. The number of hydrogen-bond donors (Lipinski definition) is 2. The molecule has 11 nitrogen and oxygen atoms in total. The number of carbonyl (C=O) groups excluding carboxylic acids is 2. The van der Waals surface area contributed by atoms with Crippen molar-refractivity contribution in [3.63, 3.8) is 0 Å². The molecule has 1 aromatic carbocycles. The summed E-state index contributed by atoms with van der Waals surface area (Å²) in [6.45, 7) is 1.77. The molecule has 28 heavy (non-hydrogen) atoms. The second-order valence-electron chi connectivity index (χ2n) is 5.33. The predicted molar refractivity (Wildman–Crippen MR) is 99.0 cm³/mol. The molecule has 0 fully saturated rings. The summed E-state index contributed by atoms with van der Waals surface area (Å²) in [5.41, 5.74) is -0.338. The van der Waals surface area contributed by atoms with Crippen LogP contribution in [0.4, 0.5) is 17.3 Å². The number of hydrogen-bond acceptors (Lipinski definition) is 9. The number of esters is 1. The lowest BCUT2D eigenvalue weighted by molar-refractivity contribution is -0.384. The van der Waals surface area contributed by atoms with Crippen LogP contribution in [0.5, 0.6) is 5.75 Å². The molecule has 2 aromatic rings. The van der Waals surface area contributed by atoms with Gasteiger partial charge in [0, 0.05) is 18.9 Å². The Hall–Kier alpha value is -3.76. The smallest absolute Gasteiger partial charge is 0.308 e. The van der Waals surface area contributed by atoms with Crippen LogP contribution in [0.2, 0.25) is 0 Å². The van der Waals surface area contributed by atoms with Gasteiger partial charge in [0.1, 0.15) is 11.4 Å². The first-order valence-electron chi connectivity index (χ1n) is 8.37. The average Bonchev–Trinajstić information content (AvgIpc) is 2.68. The third-order valence-electron chi connectivity index (χ3n) is 3.29. The van der Waals surface area contributed by atoms with E-state index in [1.807, 2.05) is 0 Å². The molecular weight excluding hydrogens is 370 g/mol. The fourth-order valence-electron chi connectivity index (χ4n) is 2.10. The van der Waals surface area contributed by atoms with Crippen LogP contribution in [-0.4, -0.2) is 46.5 Å². The van der Waals surface area contributed by atoms with Crippen LogP contribution in [-0.2, 0) is 14.3 Å². The van der Waals surface area contributed by atoms with E-state index in [4.69, 9.17) is 9.47 Å². The van der Waals surface area contributed by atoms with E-state index < -0.39 is 23.4 Å². The summed E-state index contributed by atoms with van der Waals surface area (Å²) in [5.74, 6) is -0.621. The van der Waals surface area contributed by atoms with Gasteiger partial charge in [-0.2, -0.15) is 0 Å². The Balaban J connectivity index is 1.80. The standard InChI is InChI=1S/C17H19N5O6/c1-2-27-12-4-5-13(14(10-12)22(25)26)21-15(23)11-28-16(24)6-9-20-17-18-7-3-8-19-17/h3-5,7-8,10H,2,6,9,11H2,1H3,(H,21,23)(H,18,19,20). The fourth-order valence-corrected chi connectivity index (χ4v) is 2.10. The molecule has 0 spiro atoms. The van der Waals surface area contributed by atoms with Gasteiger partial charge in [-0.25, -0.2) is 9.97 Å². The minimum atomic E-state index is -0.694. The lowest BCUT2D eigenvalue weighted by atomic mass is 10.2. The van der Waals surface area contributed by atoms with Gasteiger partial charge in [-0.05, 0) is 25.1 Å². The number of aromatic nitrogens is 2. The molecule has 1 aromatic heterocycles. The maximum absolute atomic E-state index is 11.9. The molecule has 0 radical (unpaired) electrons. The summed E-state index contributed by atoms with van der Waals surface area (Å²) in [4.78, 5) is 42.0. The molecule has 0 aliphatic heterocycles. The number of nitrogens with zero attached hydrogens (tertiary/aromatic N) is 3. The number of benzene rings is 1. The fraction of sp³-hybridized carbons (Fsp3) is 0.294. The highest BCUT2D eigenvalue weighted by Crippen LogP contribution is 2.29. The van der Waals surface area contributed by atoms with Gasteiger partial charge in [0.25, 0.3) is 11.6 Å². The van der Waals surface area contributed by atoms with Gasteiger partial charge in [0.05, 0.1) is 24.0 Å². The number of nitrogens with one attached hydrogen (secondary N) is 2. The van der Waals surface area contributed by atoms with Crippen molar-refractivity contribution in [3.8, 4) is 5.75 Å². The first-order valence-corrected chi connectivity index (χ1v) is 8.37. The van der Waals surface area contributed by atoms with Crippen LogP contribution in [0.15, 0.2) is 36.7 Å². The monoisotopic (exact) mass is 389 g/mol. The molecule has 0 saturated carbocycles. The zero-order valence-electron chi connectivity index (χ0n) is 15.1. The maximum Gasteiger partial charge on any atom is 0.308 e. The SMILES string of the molecule is CCOc1ccc(NC(=O)COC(=O)CCNc2ncccn2)c([N+](=O)[O-])c1. The Bertz CT molecular complexity index is 830. The largest absolute Gasteiger partial charge is 0.494 e. The summed E-state index contributed by atoms with van der Waals surface area (Å²) in [5, 5.41) is 16.3. The van der Waals surface area contributed by atoms with Gasteiger partial charge in [-0.1, -0.05) is 0 Å². The summed E-state index contributed by atoms with van der Waals surface area (Å²) in [7, 11) is 0. The highest BCUT2D eigenvalue weighted by Gasteiger charge is 2.18. The third-order valence-corrected chi connectivity index (χ3v) is 3.29. The van der Waals surface area contributed by atoms with E-state index in [1.54, 1.807) is 25.4 Å². The molecule has 0 atom stereocenters. The quantitative estimate of drug-likeness (QED) is 0.352. The molecule has 0 aliphatic carbocycles. The molecule has 0 bridgehead atoms. The normalized spacial score (nSPS) is 10.0. The molecule has 1 heterocycles. The van der Waals surface area contributed by atoms with Crippen molar-refractivity contribution >= 4 is 29.2 Å². The van der Waals surface area contributed by atoms with E-state index >= 15 is 0 Å². The lowest BCUT2D eigenvalue weighted by Gasteiger charge is -2.09. The maximum atomic E-state index is 11.9. The number of anilines is 2. The summed E-state index contributed by atoms with van der Waals surface area (Å²) in [6, 6.07) is 5.72. The van der Waals surface area contributed by atoms with Gasteiger partial charge in [-0.3, -0.25) is 19.7 Å². The number of ether oxygens (including phenoxy) is 2. The molecule has 1 amide bonds. The second kappa shape index (κ2) is 10.4. The number of carbonyl (C=O) groups is 2. The summed E-state index contributed by atoms with van der Waals surface area (Å²) in [6.07, 6.45) is 3.10. The van der Waals surface area contributed by atoms with Gasteiger partial charge in [-0.15, -0.1) is 0 Å². The van der Waals surface area contributed by atoms with Gasteiger partial charge in [0.15, 0.2) is 6.61 Å². The summed E-state index contributed by atoms with van der Waals surface area (Å²) < 4.78 is 10.1. The van der Waals surface area contributed by atoms with Gasteiger partial charge < -0.3 is 20.1 Å². The van der Waals surface area contributed by atoms with Crippen LogP contribution in [0.25, 0.3) is 0 Å².